The van der Waals surface area contributed by atoms with E-state index in [9.17, 15) is 9.59 Å². The zero-order valence-electron chi connectivity index (χ0n) is 20.6. The van der Waals surface area contributed by atoms with Gasteiger partial charge in [0, 0.05) is 23.2 Å². The predicted molar refractivity (Wildman–Crippen MR) is 136 cm³/mol. The quantitative estimate of drug-likeness (QED) is 0.448. The van der Waals surface area contributed by atoms with Crippen molar-refractivity contribution in [2.24, 2.45) is 5.92 Å². The first kappa shape index (κ1) is 24.9. The van der Waals surface area contributed by atoms with Gasteiger partial charge < -0.3 is 19.1 Å². The zero-order valence-corrected chi connectivity index (χ0v) is 20.6. The highest BCUT2D eigenvalue weighted by Gasteiger charge is 2.27. The van der Waals surface area contributed by atoms with E-state index >= 15 is 0 Å². The number of likely N-dealkylation sites (tertiary alicyclic amines) is 1. The maximum atomic E-state index is 13.7. The summed E-state index contributed by atoms with van der Waals surface area (Å²) >= 11 is 0. The van der Waals surface area contributed by atoms with E-state index in [0.717, 1.165) is 37.1 Å². The fourth-order valence-corrected chi connectivity index (χ4v) is 4.47. The van der Waals surface area contributed by atoms with E-state index in [0.29, 0.717) is 35.5 Å². The molecule has 1 fully saturated rings. The number of hydrogen-bond donors (Lipinski definition) is 0. The van der Waals surface area contributed by atoms with Crippen LogP contribution in [0.15, 0.2) is 47.3 Å². The molecule has 33 heavy (non-hydrogen) atoms. The number of hydrogen-bond acceptors (Lipinski definition) is 5. The van der Waals surface area contributed by atoms with Gasteiger partial charge in [-0.15, -0.1) is 0 Å². The Labute approximate surface area is 197 Å². The third-order valence-electron chi connectivity index (χ3n) is 6.36. The second-order valence-electron chi connectivity index (χ2n) is 9.11. The Kier molecular flexibility index (Phi) is 8.64. The van der Waals surface area contributed by atoms with E-state index in [4.69, 9.17) is 4.74 Å². The van der Waals surface area contributed by atoms with Gasteiger partial charge in [-0.05, 0) is 91.5 Å². The number of piperidine rings is 1. The molecule has 3 rings (SSSR count). The van der Waals surface area contributed by atoms with Crippen molar-refractivity contribution in [3.8, 4) is 0 Å². The minimum absolute atomic E-state index is 0.0590. The summed E-state index contributed by atoms with van der Waals surface area (Å²) in [6.45, 7) is 6.80. The SMILES string of the molecule is CC=CC(=CC)n1c(C(=O)OCCN(C)C)c(CC2CCN(C)CC2)c(=O)c2ccccc21. The summed E-state index contributed by atoms with van der Waals surface area (Å²) in [5, 5.41) is 0.633. The normalized spacial score (nSPS) is 16.2. The largest absolute Gasteiger partial charge is 0.460 e. The summed E-state index contributed by atoms with van der Waals surface area (Å²) in [5.41, 5.74) is 2.44. The Balaban J connectivity index is 2.21. The van der Waals surface area contributed by atoms with E-state index in [2.05, 4.69) is 11.9 Å². The Morgan fingerprint density at radius 3 is 2.52 bits per heavy atom. The van der Waals surface area contributed by atoms with Gasteiger partial charge in [0.05, 0.1) is 5.52 Å². The number of carbonyl (C=O) groups is 1. The molecular weight excluding hydrogens is 414 g/mol. The summed E-state index contributed by atoms with van der Waals surface area (Å²) in [5.74, 6) is -0.0703. The van der Waals surface area contributed by atoms with Crippen molar-refractivity contribution in [2.75, 3.05) is 47.4 Å². The average molecular weight is 452 g/mol. The summed E-state index contributed by atoms with van der Waals surface area (Å²) < 4.78 is 7.62. The van der Waals surface area contributed by atoms with Crippen LogP contribution in [-0.4, -0.2) is 67.7 Å². The molecule has 1 aromatic carbocycles. The molecule has 1 saturated heterocycles. The number of likely N-dealkylation sites (N-methyl/N-ethyl adjacent to an activating group) is 1. The van der Waals surface area contributed by atoms with Gasteiger partial charge in [0.1, 0.15) is 12.3 Å². The molecule has 6 heteroatoms. The molecule has 0 spiro atoms. The van der Waals surface area contributed by atoms with Gasteiger partial charge in [-0.25, -0.2) is 4.79 Å². The van der Waals surface area contributed by atoms with Crippen LogP contribution in [0.4, 0.5) is 0 Å². The first-order valence-corrected chi connectivity index (χ1v) is 11.8. The van der Waals surface area contributed by atoms with Crippen LogP contribution in [0.5, 0.6) is 0 Å². The van der Waals surface area contributed by atoms with Gasteiger partial charge >= 0.3 is 5.97 Å². The number of pyridine rings is 1. The highest BCUT2D eigenvalue weighted by molar-refractivity contribution is 5.96. The summed E-state index contributed by atoms with van der Waals surface area (Å²) in [6, 6.07) is 7.54. The Morgan fingerprint density at radius 1 is 1.18 bits per heavy atom. The molecule has 0 unspecified atom stereocenters. The van der Waals surface area contributed by atoms with E-state index in [1.165, 1.54) is 0 Å². The smallest absolute Gasteiger partial charge is 0.355 e. The maximum Gasteiger partial charge on any atom is 0.355 e. The molecule has 178 valence electrons. The molecule has 0 atom stereocenters. The number of rotatable bonds is 8. The minimum Gasteiger partial charge on any atom is -0.460 e. The third-order valence-corrected chi connectivity index (χ3v) is 6.36. The van der Waals surface area contributed by atoms with Crippen molar-refractivity contribution in [1.82, 2.24) is 14.4 Å². The summed E-state index contributed by atoms with van der Waals surface area (Å²) in [6.07, 6.45) is 8.49. The molecular formula is C27H37N3O3. The van der Waals surface area contributed by atoms with Crippen LogP contribution in [0.2, 0.25) is 0 Å². The lowest BCUT2D eigenvalue weighted by Gasteiger charge is -2.29. The lowest BCUT2D eigenvalue weighted by Crippen LogP contribution is -2.33. The van der Waals surface area contributed by atoms with E-state index in [1.54, 1.807) is 0 Å². The van der Waals surface area contributed by atoms with Crippen molar-refractivity contribution in [1.29, 1.82) is 0 Å². The summed E-state index contributed by atoms with van der Waals surface area (Å²) in [4.78, 5) is 31.5. The van der Waals surface area contributed by atoms with Gasteiger partial charge in [-0.1, -0.05) is 24.3 Å². The fourth-order valence-electron chi connectivity index (χ4n) is 4.47. The van der Waals surface area contributed by atoms with E-state index in [-0.39, 0.29) is 12.0 Å². The number of esters is 1. The van der Waals surface area contributed by atoms with Crippen LogP contribution in [0, 0.1) is 5.92 Å². The average Bonchev–Trinajstić information content (AvgIpc) is 2.80. The molecule has 0 bridgehead atoms. The van der Waals surface area contributed by atoms with Crippen molar-refractivity contribution < 1.29 is 9.53 Å². The molecule has 0 aliphatic carbocycles. The van der Waals surface area contributed by atoms with Crippen LogP contribution in [0.1, 0.15) is 42.7 Å². The van der Waals surface area contributed by atoms with Crippen LogP contribution >= 0.6 is 0 Å². The van der Waals surface area contributed by atoms with Crippen LogP contribution in [0.25, 0.3) is 16.6 Å². The fraction of sp³-hybridized carbons (Fsp3) is 0.481. The molecule has 1 aromatic heterocycles. The number of ether oxygens (including phenoxy) is 1. The van der Waals surface area contributed by atoms with E-state index < -0.39 is 5.97 Å². The zero-order chi connectivity index (χ0) is 24.0. The monoisotopic (exact) mass is 451 g/mol. The van der Waals surface area contributed by atoms with Gasteiger partial charge in [0.25, 0.3) is 0 Å². The van der Waals surface area contributed by atoms with Crippen LogP contribution in [0.3, 0.4) is 0 Å². The standard InChI is InChI=1S/C27H37N3O3/c1-6-10-21(7-2)30-24-12-9-8-11-22(24)26(31)23(19-20-13-15-29(5)16-14-20)25(30)27(32)33-18-17-28(3)4/h6-12,20H,13-19H2,1-5H3. The highest BCUT2D eigenvalue weighted by Crippen LogP contribution is 2.27. The Morgan fingerprint density at radius 2 is 1.88 bits per heavy atom. The van der Waals surface area contributed by atoms with Crippen molar-refractivity contribution in [3.63, 3.8) is 0 Å². The lowest BCUT2D eigenvalue weighted by atomic mass is 9.88. The number of allylic oxidation sites excluding steroid dienone is 4. The molecule has 2 heterocycles. The van der Waals surface area contributed by atoms with Crippen molar-refractivity contribution in [2.45, 2.75) is 33.1 Å². The van der Waals surface area contributed by atoms with Gasteiger partial charge in [0.15, 0.2) is 5.43 Å². The van der Waals surface area contributed by atoms with E-state index in [1.807, 2.05) is 79.9 Å². The first-order valence-electron chi connectivity index (χ1n) is 11.8. The van der Waals surface area contributed by atoms with Crippen LogP contribution < -0.4 is 5.43 Å². The number of para-hydroxylation sites is 1. The minimum atomic E-state index is -0.438. The topological polar surface area (TPSA) is 54.8 Å². The number of nitrogens with zero attached hydrogens (tertiary/aromatic N) is 3. The van der Waals surface area contributed by atoms with Crippen LogP contribution in [-0.2, 0) is 11.2 Å². The van der Waals surface area contributed by atoms with Gasteiger partial charge in [-0.2, -0.15) is 0 Å². The highest BCUT2D eigenvalue weighted by atomic mass is 16.5. The van der Waals surface area contributed by atoms with Gasteiger partial charge in [0.2, 0.25) is 0 Å². The van der Waals surface area contributed by atoms with Crippen molar-refractivity contribution in [3.05, 3.63) is 64.0 Å². The first-order chi connectivity index (χ1) is 15.9. The Bertz CT molecular complexity index is 1090. The Hall–Kier alpha value is -2.70. The van der Waals surface area contributed by atoms with Gasteiger partial charge in [-0.3, -0.25) is 4.79 Å². The number of aromatic nitrogens is 1. The molecule has 1 aliphatic rings. The second-order valence-corrected chi connectivity index (χ2v) is 9.11. The molecule has 6 nitrogen and oxygen atoms in total. The number of benzene rings is 1. The number of fused-ring (bicyclic) bond motifs is 1. The molecule has 0 radical (unpaired) electrons. The molecule has 0 amide bonds. The second kappa shape index (κ2) is 11.4. The molecule has 2 aromatic rings. The molecule has 1 aliphatic heterocycles. The predicted octanol–water partition coefficient (Wildman–Crippen LogP) is 4.04. The lowest BCUT2D eigenvalue weighted by molar-refractivity contribution is 0.0470. The summed E-state index contributed by atoms with van der Waals surface area (Å²) in [7, 11) is 6.01. The maximum absolute atomic E-state index is 13.7. The third kappa shape index (κ3) is 5.81. The molecule has 0 N–H and O–H groups in total. The number of carbonyl (C=O) groups excluding carboxylic acids is 1. The van der Waals surface area contributed by atoms with Crippen molar-refractivity contribution >= 4 is 22.6 Å². The molecule has 0 saturated carbocycles.